The number of nitrogens with two attached hydrogens (primary N) is 1. The molecule has 1 amide bonds. The number of amides is 1. The van der Waals surface area contributed by atoms with Crippen molar-refractivity contribution >= 4 is 19.5 Å². The van der Waals surface area contributed by atoms with E-state index in [4.69, 9.17) is 25.0 Å². The summed E-state index contributed by atoms with van der Waals surface area (Å²) < 4.78 is 30.2. The third-order valence-electron chi connectivity index (χ3n) is 8.17. The Morgan fingerprint density at radius 2 is 1.62 bits per heavy atom. The van der Waals surface area contributed by atoms with Crippen molar-refractivity contribution in [1.29, 1.82) is 0 Å². The molecule has 18 heteroatoms. The van der Waals surface area contributed by atoms with Crippen LogP contribution in [0.3, 0.4) is 0 Å². The molecule has 0 saturated carbocycles. The third kappa shape index (κ3) is 17.9. The molecular weight excluding hydrogens is 729 g/mol. The van der Waals surface area contributed by atoms with Crippen LogP contribution in [0.5, 0.6) is 0 Å². The van der Waals surface area contributed by atoms with Crippen LogP contribution in [0.2, 0.25) is 0 Å². The monoisotopic (exact) mass is 787 g/mol. The number of likely N-dealkylation sites (N-methyl/N-ethyl adjacent to an activating group) is 1. The van der Waals surface area contributed by atoms with E-state index in [0.717, 1.165) is 50.2 Å². The lowest BCUT2D eigenvalue weighted by atomic mass is 10.1. The average Bonchev–Trinajstić information content (AvgIpc) is 3.40. The Morgan fingerprint density at radius 1 is 1.05 bits per heavy atom. The SMILES string of the molecule is CC/C=C\C/C=C\C/C=C\C/C=C\C/C=C\C/C=C\CCC(=O)NCCN(C)CCNP(=O)(OC)OC[C@@]1(N=[N+]=[N-])O[C@@H](n2ccc(N)nc2=O)[C@H](O)[C@@H]1O. The Hall–Kier alpha value is -4.15. The summed E-state index contributed by atoms with van der Waals surface area (Å²) in [7, 11) is -1.07. The molecule has 6 N–H and O–H groups in total. The van der Waals surface area contributed by atoms with E-state index in [1.54, 1.807) is 0 Å². The fourth-order valence-electron chi connectivity index (χ4n) is 5.08. The molecule has 1 aromatic rings. The molecule has 1 fully saturated rings. The molecule has 0 spiro atoms. The predicted molar refractivity (Wildman–Crippen MR) is 213 cm³/mol. The van der Waals surface area contributed by atoms with Crippen LogP contribution >= 0.6 is 7.75 Å². The Labute approximate surface area is 323 Å². The number of aliphatic hydroxyl groups is 2. The number of rotatable bonds is 27. The van der Waals surface area contributed by atoms with E-state index in [0.29, 0.717) is 32.5 Å². The number of aromatic nitrogens is 2. The van der Waals surface area contributed by atoms with Crippen LogP contribution in [0.1, 0.15) is 64.5 Å². The lowest BCUT2D eigenvalue weighted by Crippen LogP contribution is -2.45. The third-order valence-corrected chi connectivity index (χ3v) is 9.73. The molecule has 0 aromatic carbocycles. The van der Waals surface area contributed by atoms with Crippen molar-refractivity contribution in [3.05, 3.63) is 106 Å². The number of nitrogen functional groups attached to an aromatic ring is 1. The smallest absolute Gasteiger partial charge is 0.387 e. The van der Waals surface area contributed by atoms with Crippen LogP contribution in [0.15, 0.2) is 95.1 Å². The molecule has 0 radical (unpaired) electrons. The van der Waals surface area contributed by atoms with Crippen molar-refractivity contribution in [2.45, 2.75) is 82.5 Å². The zero-order chi connectivity index (χ0) is 40.4. The van der Waals surface area contributed by atoms with Crippen molar-refractivity contribution in [1.82, 2.24) is 24.9 Å². The number of allylic oxidation sites excluding steroid dienone is 12. The number of aliphatic hydroxyl groups excluding tert-OH is 2. The predicted octanol–water partition coefficient (Wildman–Crippen LogP) is 4.97. The quantitative estimate of drug-likeness (QED) is 0.0261. The van der Waals surface area contributed by atoms with E-state index in [2.05, 4.69) is 93.1 Å². The van der Waals surface area contributed by atoms with Crippen LogP contribution < -0.4 is 21.8 Å². The highest BCUT2D eigenvalue weighted by atomic mass is 31.2. The van der Waals surface area contributed by atoms with E-state index in [1.165, 1.54) is 12.3 Å². The van der Waals surface area contributed by atoms with Crippen LogP contribution in [0, 0.1) is 0 Å². The summed E-state index contributed by atoms with van der Waals surface area (Å²) in [6, 6.07) is 1.27. The largest absolute Gasteiger partial charge is 0.405 e. The second kappa shape index (κ2) is 26.6. The molecule has 0 bridgehead atoms. The van der Waals surface area contributed by atoms with Crippen LogP contribution in [0.4, 0.5) is 5.82 Å². The second-order valence-corrected chi connectivity index (χ2v) is 14.4. The van der Waals surface area contributed by atoms with Gasteiger partial charge < -0.3 is 35.4 Å². The number of nitrogens with one attached hydrogen (secondary N) is 2. The number of carbonyl (C=O) groups excluding carboxylic acids is 1. The van der Waals surface area contributed by atoms with Crippen LogP contribution in [-0.2, 0) is 23.1 Å². The summed E-state index contributed by atoms with van der Waals surface area (Å²) in [5.41, 5.74) is 11.5. The van der Waals surface area contributed by atoms with Gasteiger partial charge in [-0.25, -0.2) is 14.4 Å². The van der Waals surface area contributed by atoms with Crippen LogP contribution in [0.25, 0.3) is 10.4 Å². The van der Waals surface area contributed by atoms with Gasteiger partial charge in [-0.2, -0.15) is 4.98 Å². The van der Waals surface area contributed by atoms with Crippen molar-refractivity contribution in [3.63, 3.8) is 0 Å². The first-order valence-electron chi connectivity index (χ1n) is 18.4. The first-order valence-corrected chi connectivity index (χ1v) is 19.9. The van der Waals surface area contributed by atoms with Gasteiger partial charge in [-0.15, -0.1) is 0 Å². The fourth-order valence-corrected chi connectivity index (χ4v) is 6.13. The van der Waals surface area contributed by atoms with E-state index >= 15 is 0 Å². The molecule has 1 aliphatic rings. The van der Waals surface area contributed by atoms with Gasteiger partial charge in [0, 0.05) is 50.8 Å². The van der Waals surface area contributed by atoms with Crippen molar-refractivity contribution < 1.29 is 33.4 Å². The second-order valence-electron chi connectivity index (χ2n) is 12.5. The molecule has 5 atom stereocenters. The van der Waals surface area contributed by atoms with Gasteiger partial charge in [-0.1, -0.05) is 85.0 Å². The number of azide groups is 1. The van der Waals surface area contributed by atoms with Crippen LogP contribution in [-0.4, -0.2) is 95.4 Å². The van der Waals surface area contributed by atoms with E-state index in [-0.39, 0.29) is 18.3 Å². The van der Waals surface area contributed by atoms with E-state index in [9.17, 15) is 24.4 Å². The molecule has 17 nitrogen and oxygen atoms in total. The zero-order valence-electron chi connectivity index (χ0n) is 32.1. The lowest BCUT2D eigenvalue weighted by molar-refractivity contribution is -0.121. The molecule has 1 aliphatic heterocycles. The van der Waals surface area contributed by atoms with Crippen molar-refractivity contribution in [2.75, 3.05) is 52.7 Å². The highest BCUT2D eigenvalue weighted by Gasteiger charge is 2.56. The molecular formula is C37H58N9O8P. The van der Waals surface area contributed by atoms with E-state index < -0.39 is 44.2 Å². The van der Waals surface area contributed by atoms with Gasteiger partial charge in [0.1, 0.15) is 18.0 Å². The maximum absolute atomic E-state index is 13.2. The topological polar surface area (TPSA) is 239 Å². The molecule has 1 aromatic heterocycles. The van der Waals surface area contributed by atoms with Gasteiger partial charge in [-0.05, 0) is 63.6 Å². The molecule has 55 heavy (non-hydrogen) atoms. The number of anilines is 1. The summed E-state index contributed by atoms with van der Waals surface area (Å²) in [5.74, 6) is -0.132. The van der Waals surface area contributed by atoms with Gasteiger partial charge in [0.2, 0.25) is 11.6 Å². The number of ether oxygens (including phenoxy) is 1. The highest BCUT2D eigenvalue weighted by molar-refractivity contribution is 7.51. The summed E-state index contributed by atoms with van der Waals surface area (Å²) in [5, 5.41) is 30.4. The van der Waals surface area contributed by atoms with Gasteiger partial charge >= 0.3 is 13.4 Å². The number of hydrogen-bond acceptors (Lipinski definition) is 12. The van der Waals surface area contributed by atoms with Gasteiger partial charge in [-0.3, -0.25) is 13.9 Å². The highest BCUT2D eigenvalue weighted by Crippen LogP contribution is 2.46. The molecule has 1 unspecified atom stereocenters. The molecule has 1 saturated heterocycles. The number of hydrogen-bond donors (Lipinski definition) is 5. The maximum atomic E-state index is 13.2. The molecule has 0 aliphatic carbocycles. The molecule has 304 valence electrons. The number of carbonyl (C=O) groups is 1. The Kier molecular flexibility index (Phi) is 22.7. The van der Waals surface area contributed by atoms with Gasteiger partial charge in [0.25, 0.3) is 0 Å². The summed E-state index contributed by atoms with van der Waals surface area (Å²) in [4.78, 5) is 32.7. The van der Waals surface area contributed by atoms with E-state index in [1.807, 2.05) is 24.1 Å². The average molecular weight is 788 g/mol. The van der Waals surface area contributed by atoms with Gasteiger partial charge in [0.05, 0.1) is 6.61 Å². The standard InChI is InChI=1S/C37H58N9O8P/c1-4-5-6-7-8-9-10-11-12-13-14-15-16-17-18-19-20-21-22-23-32(47)40-25-28-45(2)29-26-41-55(51,52-3)53-30-37(43-44-39)34(49)33(48)35(54-37)46-27-24-31(38)42-36(46)50/h5-6,8-9,11-12,14-15,17-18,20-21,24,27,33-35,48-49H,4,7,10,13,16,19,22-23,25-26,28-30H2,1-3H3,(H,40,47)(H,41,51)(H2,38,42,50)/b6-5-,9-8-,12-11-,15-14-,18-17-,21-20-/t33-,34+,35-,37-,55?/m1/s1. The van der Waals surface area contributed by atoms with Gasteiger partial charge in [0.15, 0.2) is 6.23 Å². The molecule has 2 rings (SSSR count). The Balaban J connectivity index is 1.62. The maximum Gasteiger partial charge on any atom is 0.405 e. The van der Waals surface area contributed by atoms with Crippen molar-refractivity contribution in [2.24, 2.45) is 5.11 Å². The zero-order valence-corrected chi connectivity index (χ0v) is 33.0. The lowest BCUT2D eigenvalue weighted by Gasteiger charge is -2.28. The fraction of sp³-hybridized carbons (Fsp3) is 0.541. The minimum atomic E-state index is -4.03. The number of nitrogens with zero attached hydrogens (tertiary/aromatic N) is 6. The Bertz CT molecular complexity index is 1640. The summed E-state index contributed by atoms with van der Waals surface area (Å²) in [6.07, 6.45) is 28.4. The minimum Gasteiger partial charge on any atom is -0.387 e. The minimum absolute atomic E-state index is 0.0569. The first-order chi connectivity index (χ1) is 26.5. The summed E-state index contributed by atoms with van der Waals surface area (Å²) in [6.45, 7) is 2.78. The first kappa shape index (κ1) is 47.0. The Morgan fingerprint density at radius 3 is 2.16 bits per heavy atom. The van der Waals surface area contributed by atoms with Crippen molar-refractivity contribution in [3.8, 4) is 0 Å². The summed E-state index contributed by atoms with van der Waals surface area (Å²) >= 11 is 0. The molecule has 2 heterocycles. The normalized spacial score (nSPS) is 21.6.